The number of hydrogen-bond donors (Lipinski definition) is 1. The number of nitrogen functional groups attached to an aromatic ring is 1. The fourth-order valence-corrected chi connectivity index (χ4v) is 4.65. The topological polar surface area (TPSA) is 75.9 Å². The fraction of sp³-hybridized carbons (Fsp3) is 0.600. The van der Waals surface area contributed by atoms with Crippen LogP contribution in [0.15, 0.2) is 29.2 Å². The molecule has 0 spiro atoms. The zero-order valence-electron chi connectivity index (χ0n) is 12.6. The Balaban J connectivity index is 1.63. The lowest BCUT2D eigenvalue weighted by atomic mass is 10.0. The first-order chi connectivity index (χ1) is 10.6. The number of sulfonamides is 1. The van der Waals surface area contributed by atoms with E-state index in [1.54, 1.807) is 28.6 Å². The molecule has 2 N–H and O–H groups in total. The second-order valence-electron chi connectivity index (χ2n) is 5.85. The molecule has 2 fully saturated rings. The molecular formula is C15H23N3O3S. The third-order valence-electron chi connectivity index (χ3n) is 4.50. The second kappa shape index (κ2) is 6.54. The van der Waals surface area contributed by atoms with Gasteiger partial charge in [-0.1, -0.05) is 0 Å². The number of anilines is 1. The van der Waals surface area contributed by atoms with E-state index in [4.69, 9.17) is 10.5 Å². The molecule has 0 aliphatic carbocycles. The highest BCUT2D eigenvalue weighted by atomic mass is 32.2. The van der Waals surface area contributed by atoms with E-state index in [0.717, 1.165) is 39.1 Å². The molecule has 122 valence electrons. The Morgan fingerprint density at radius 2 is 1.59 bits per heavy atom. The van der Waals surface area contributed by atoms with Gasteiger partial charge in [0, 0.05) is 37.9 Å². The Hall–Kier alpha value is -1.15. The largest absolute Gasteiger partial charge is 0.399 e. The molecular weight excluding hydrogens is 302 g/mol. The molecule has 0 unspecified atom stereocenters. The van der Waals surface area contributed by atoms with Crippen LogP contribution in [-0.4, -0.2) is 63.1 Å². The number of hydrogen-bond acceptors (Lipinski definition) is 5. The lowest BCUT2D eigenvalue weighted by Crippen LogP contribution is -2.50. The van der Waals surface area contributed by atoms with E-state index >= 15 is 0 Å². The number of nitrogens with two attached hydrogens (primary N) is 1. The number of rotatable bonds is 3. The van der Waals surface area contributed by atoms with Crippen LogP contribution >= 0.6 is 0 Å². The third-order valence-corrected chi connectivity index (χ3v) is 6.42. The van der Waals surface area contributed by atoms with E-state index in [-0.39, 0.29) is 0 Å². The molecule has 2 saturated heterocycles. The van der Waals surface area contributed by atoms with Crippen LogP contribution in [-0.2, 0) is 14.8 Å². The van der Waals surface area contributed by atoms with Crippen molar-refractivity contribution in [3.63, 3.8) is 0 Å². The van der Waals surface area contributed by atoms with Crippen molar-refractivity contribution in [3.8, 4) is 0 Å². The monoisotopic (exact) mass is 325 g/mol. The van der Waals surface area contributed by atoms with Crippen molar-refractivity contribution in [1.29, 1.82) is 0 Å². The van der Waals surface area contributed by atoms with Gasteiger partial charge >= 0.3 is 0 Å². The molecule has 1 aromatic rings. The first-order valence-corrected chi connectivity index (χ1v) is 9.19. The predicted molar refractivity (Wildman–Crippen MR) is 85.0 cm³/mol. The lowest BCUT2D eigenvalue weighted by Gasteiger charge is -2.39. The average molecular weight is 325 g/mol. The van der Waals surface area contributed by atoms with Crippen molar-refractivity contribution in [2.45, 2.75) is 23.8 Å². The van der Waals surface area contributed by atoms with E-state index in [1.165, 1.54) is 0 Å². The highest BCUT2D eigenvalue weighted by Crippen LogP contribution is 2.24. The molecule has 7 heteroatoms. The van der Waals surface area contributed by atoms with E-state index in [2.05, 4.69) is 4.90 Å². The SMILES string of the molecule is Nc1ccc(S(=O)(=O)N2CCC(N3CCOCC3)CC2)cc1. The maximum absolute atomic E-state index is 12.6. The molecule has 0 bridgehead atoms. The molecule has 6 nitrogen and oxygen atoms in total. The Morgan fingerprint density at radius 1 is 1.00 bits per heavy atom. The van der Waals surface area contributed by atoms with Crippen molar-refractivity contribution in [2.24, 2.45) is 0 Å². The Bertz CT molecular complexity index is 589. The third kappa shape index (κ3) is 3.27. The van der Waals surface area contributed by atoms with Crippen molar-refractivity contribution in [2.75, 3.05) is 45.1 Å². The van der Waals surface area contributed by atoms with Gasteiger partial charge in [0.2, 0.25) is 10.0 Å². The zero-order chi connectivity index (χ0) is 15.6. The first-order valence-electron chi connectivity index (χ1n) is 7.75. The van der Waals surface area contributed by atoms with E-state index in [9.17, 15) is 8.42 Å². The van der Waals surface area contributed by atoms with Crippen LogP contribution in [0.1, 0.15) is 12.8 Å². The summed E-state index contributed by atoms with van der Waals surface area (Å²) in [6, 6.07) is 6.90. The maximum Gasteiger partial charge on any atom is 0.243 e. The Kier molecular flexibility index (Phi) is 4.67. The molecule has 1 aromatic carbocycles. The van der Waals surface area contributed by atoms with E-state index in [1.807, 2.05) is 0 Å². The van der Waals surface area contributed by atoms with Crippen LogP contribution in [0.5, 0.6) is 0 Å². The van der Waals surface area contributed by atoms with E-state index < -0.39 is 10.0 Å². The minimum Gasteiger partial charge on any atom is -0.399 e. The molecule has 0 radical (unpaired) electrons. The molecule has 3 rings (SSSR count). The first kappa shape index (κ1) is 15.7. The summed E-state index contributed by atoms with van der Waals surface area (Å²) < 4.78 is 32.2. The highest BCUT2D eigenvalue weighted by molar-refractivity contribution is 7.89. The number of piperidine rings is 1. The standard InChI is InChI=1S/C15H23N3O3S/c16-13-1-3-15(4-2-13)22(19,20)18-7-5-14(6-8-18)17-9-11-21-12-10-17/h1-4,14H,5-12,16H2. The fourth-order valence-electron chi connectivity index (χ4n) is 3.18. The number of ether oxygens (including phenoxy) is 1. The van der Waals surface area contributed by atoms with Gasteiger partial charge in [-0.25, -0.2) is 8.42 Å². The highest BCUT2D eigenvalue weighted by Gasteiger charge is 2.32. The molecule has 2 aliphatic rings. The minimum absolute atomic E-state index is 0.325. The molecule has 0 amide bonds. The minimum atomic E-state index is -3.40. The van der Waals surface area contributed by atoms with Gasteiger partial charge < -0.3 is 10.5 Å². The molecule has 0 atom stereocenters. The van der Waals surface area contributed by atoms with Gasteiger partial charge in [0.05, 0.1) is 18.1 Å². The van der Waals surface area contributed by atoms with Crippen LogP contribution < -0.4 is 5.73 Å². The van der Waals surface area contributed by atoms with Gasteiger partial charge in [0.1, 0.15) is 0 Å². The van der Waals surface area contributed by atoms with E-state index in [0.29, 0.717) is 29.7 Å². The Morgan fingerprint density at radius 3 is 2.18 bits per heavy atom. The van der Waals surface area contributed by atoms with Crippen molar-refractivity contribution in [3.05, 3.63) is 24.3 Å². The zero-order valence-corrected chi connectivity index (χ0v) is 13.5. The summed E-state index contributed by atoms with van der Waals surface area (Å²) in [5.74, 6) is 0. The second-order valence-corrected chi connectivity index (χ2v) is 7.79. The van der Waals surface area contributed by atoms with Crippen molar-refractivity contribution < 1.29 is 13.2 Å². The summed E-state index contributed by atoms with van der Waals surface area (Å²) in [5, 5.41) is 0. The van der Waals surface area contributed by atoms with Gasteiger partial charge in [-0.3, -0.25) is 4.90 Å². The summed E-state index contributed by atoms with van der Waals surface area (Å²) in [7, 11) is -3.40. The summed E-state index contributed by atoms with van der Waals surface area (Å²) in [6.45, 7) is 4.63. The van der Waals surface area contributed by atoms with Crippen LogP contribution in [0, 0.1) is 0 Å². The van der Waals surface area contributed by atoms with Gasteiger partial charge in [-0.15, -0.1) is 0 Å². The average Bonchev–Trinajstić information content (AvgIpc) is 2.56. The van der Waals surface area contributed by atoms with Crippen molar-refractivity contribution in [1.82, 2.24) is 9.21 Å². The maximum atomic E-state index is 12.6. The number of morpholine rings is 1. The summed E-state index contributed by atoms with van der Waals surface area (Å²) in [5.41, 5.74) is 6.20. The number of nitrogens with zero attached hydrogens (tertiary/aromatic N) is 2. The van der Waals surface area contributed by atoms with Crippen LogP contribution in [0.4, 0.5) is 5.69 Å². The summed E-state index contributed by atoms with van der Waals surface area (Å²) in [4.78, 5) is 2.75. The lowest BCUT2D eigenvalue weighted by molar-refractivity contribution is 0.00610. The normalized spacial score (nSPS) is 22.7. The summed E-state index contributed by atoms with van der Waals surface area (Å²) >= 11 is 0. The molecule has 0 saturated carbocycles. The van der Waals surface area contributed by atoms with Gasteiger partial charge in [-0.05, 0) is 37.1 Å². The molecule has 2 heterocycles. The molecule has 0 aromatic heterocycles. The van der Waals surface area contributed by atoms with Crippen LogP contribution in [0.3, 0.4) is 0 Å². The Labute approximate surface area is 131 Å². The van der Waals surface area contributed by atoms with Gasteiger partial charge in [-0.2, -0.15) is 4.31 Å². The molecule has 2 aliphatic heterocycles. The molecule has 22 heavy (non-hydrogen) atoms. The van der Waals surface area contributed by atoms with Crippen LogP contribution in [0.2, 0.25) is 0 Å². The van der Waals surface area contributed by atoms with Crippen LogP contribution in [0.25, 0.3) is 0 Å². The van der Waals surface area contributed by atoms with Gasteiger partial charge in [0.15, 0.2) is 0 Å². The smallest absolute Gasteiger partial charge is 0.243 e. The number of benzene rings is 1. The quantitative estimate of drug-likeness (QED) is 0.830. The van der Waals surface area contributed by atoms with Crippen molar-refractivity contribution >= 4 is 15.7 Å². The predicted octanol–water partition coefficient (Wildman–Crippen LogP) is 0.754. The summed E-state index contributed by atoms with van der Waals surface area (Å²) in [6.07, 6.45) is 1.77. The van der Waals surface area contributed by atoms with Gasteiger partial charge in [0.25, 0.3) is 0 Å².